The standard InChI is InChI=1S/C8H15NO2/c1-6-7(8(10)11)4-2-3-5-9-6/h6-7,9H,2-5H2,1H3,(H,10,11)/t6-,7+/m1/s1. The Morgan fingerprint density at radius 1 is 1.55 bits per heavy atom. The monoisotopic (exact) mass is 157 g/mol. The quantitative estimate of drug-likeness (QED) is 0.593. The molecule has 1 saturated heterocycles. The highest BCUT2D eigenvalue weighted by Gasteiger charge is 2.25. The lowest BCUT2D eigenvalue weighted by Gasteiger charge is -2.16. The Kier molecular flexibility index (Phi) is 2.88. The van der Waals surface area contributed by atoms with Gasteiger partial charge in [0.15, 0.2) is 0 Å². The molecule has 0 aromatic carbocycles. The molecular formula is C8H15NO2. The minimum absolute atomic E-state index is 0.134. The van der Waals surface area contributed by atoms with Crippen LogP contribution in [0.1, 0.15) is 26.2 Å². The highest BCUT2D eigenvalue weighted by molar-refractivity contribution is 5.70. The molecule has 2 atom stereocenters. The van der Waals surface area contributed by atoms with E-state index in [-0.39, 0.29) is 12.0 Å². The van der Waals surface area contributed by atoms with Crippen LogP contribution in [0.25, 0.3) is 0 Å². The topological polar surface area (TPSA) is 49.3 Å². The summed E-state index contributed by atoms with van der Waals surface area (Å²) >= 11 is 0. The molecule has 0 aromatic heterocycles. The molecule has 1 heterocycles. The number of carboxylic acids is 1. The molecule has 0 saturated carbocycles. The molecule has 11 heavy (non-hydrogen) atoms. The van der Waals surface area contributed by atoms with Crippen LogP contribution in [0.4, 0.5) is 0 Å². The second-order valence-electron chi connectivity index (χ2n) is 3.18. The Labute approximate surface area is 66.8 Å². The van der Waals surface area contributed by atoms with Gasteiger partial charge in [0.1, 0.15) is 0 Å². The van der Waals surface area contributed by atoms with Gasteiger partial charge in [-0.05, 0) is 26.3 Å². The van der Waals surface area contributed by atoms with Crippen molar-refractivity contribution in [2.45, 2.75) is 32.2 Å². The number of hydrogen-bond donors (Lipinski definition) is 2. The number of hydrogen-bond acceptors (Lipinski definition) is 2. The molecule has 0 aromatic rings. The average molecular weight is 157 g/mol. The number of rotatable bonds is 1. The van der Waals surface area contributed by atoms with Crippen molar-refractivity contribution in [3.05, 3.63) is 0 Å². The Morgan fingerprint density at radius 2 is 2.27 bits per heavy atom. The molecule has 0 radical (unpaired) electrons. The zero-order chi connectivity index (χ0) is 8.27. The van der Waals surface area contributed by atoms with E-state index in [0.29, 0.717) is 0 Å². The third-order valence-corrected chi connectivity index (χ3v) is 2.33. The Balaban J connectivity index is 2.52. The summed E-state index contributed by atoms with van der Waals surface area (Å²) in [4.78, 5) is 10.7. The van der Waals surface area contributed by atoms with Crippen LogP contribution in [0.15, 0.2) is 0 Å². The van der Waals surface area contributed by atoms with E-state index in [1.165, 1.54) is 0 Å². The predicted octanol–water partition coefficient (Wildman–Crippen LogP) is 0.849. The van der Waals surface area contributed by atoms with Gasteiger partial charge in [-0.1, -0.05) is 6.42 Å². The van der Waals surface area contributed by atoms with Gasteiger partial charge in [-0.2, -0.15) is 0 Å². The van der Waals surface area contributed by atoms with Gasteiger partial charge < -0.3 is 10.4 Å². The van der Waals surface area contributed by atoms with Crippen LogP contribution in [0.3, 0.4) is 0 Å². The van der Waals surface area contributed by atoms with E-state index in [0.717, 1.165) is 25.8 Å². The average Bonchev–Trinajstić information content (AvgIpc) is 2.13. The van der Waals surface area contributed by atoms with E-state index < -0.39 is 5.97 Å². The van der Waals surface area contributed by atoms with Crippen LogP contribution in [-0.4, -0.2) is 23.7 Å². The molecule has 3 heteroatoms. The molecule has 0 unspecified atom stereocenters. The van der Waals surface area contributed by atoms with Gasteiger partial charge in [-0.25, -0.2) is 0 Å². The lowest BCUT2D eigenvalue weighted by Crippen LogP contribution is -2.36. The van der Waals surface area contributed by atoms with Crippen molar-refractivity contribution in [3.8, 4) is 0 Å². The fraction of sp³-hybridized carbons (Fsp3) is 0.875. The van der Waals surface area contributed by atoms with Crippen LogP contribution in [0.2, 0.25) is 0 Å². The number of carbonyl (C=O) groups is 1. The van der Waals surface area contributed by atoms with Gasteiger partial charge >= 0.3 is 5.97 Å². The van der Waals surface area contributed by atoms with Crippen LogP contribution >= 0.6 is 0 Å². The summed E-state index contributed by atoms with van der Waals surface area (Å²) in [6.07, 6.45) is 2.96. The molecule has 1 aliphatic heterocycles. The summed E-state index contributed by atoms with van der Waals surface area (Å²) in [6.45, 7) is 2.91. The van der Waals surface area contributed by atoms with Crippen molar-refractivity contribution in [1.29, 1.82) is 0 Å². The highest BCUT2D eigenvalue weighted by atomic mass is 16.4. The normalized spacial score (nSPS) is 32.8. The molecule has 64 valence electrons. The molecule has 1 rings (SSSR count). The summed E-state index contributed by atoms with van der Waals surface area (Å²) in [5.74, 6) is -0.843. The van der Waals surface area contributed by atoms with Gasteiger partial charge in [-0.3, -0.25) is 4.79 Å². The van der Waals surface area contributed by atoms with E-state index in [2.05, 4.69) is 5.32 Å². The molecule has 0 aliphatic carbocycles. The fourth-order valence-corrected chi connectivity index (χ4v) is 1.55. The summed E-state index contributed by atoms with van der Waals surface area (Å²) in [5.41, 5.74) is 0. The van der Waals surface area contributed by atoms with Gasteiger partial charge in [-0.15, -0.1) is 0 Å². The van der Waals surface area contributed by atoms with Crippen molar-refractivity contribution in [1.82, 2.24) is 5.32 Å². The molecule has 0 spiro atoms. The van der Waals surface area contributed by atoms with Gasteiger partial charge in [0.25, 0.3) is 0 Å². The van der Waals surface area contributed by atoms with Crippen LogP contribution < -0.4 is 5.32 Å². The van der Waals surface area contributed by atoms with Crippen molar-refractivity contribution in [3.63, 3.8) is 0 Å². The number of carboxylic acid groups (broad SMARTS) is 1. The highest BCUT2D eigenvalue weighted by Crippen LogP contribution is 2.16. The predicted molar refractivity (Wildman–Crippen MR) is 42.4 cm³/mol. The zero-order valence-corrected chi connectivity index (χ0v) is 6.84. The van der Waals surface area contributed by atoms with Crippen molar-refractivity contribution >= 4 is 5.97 Å². The summed E-state index contributed by atoms with van der Waals surface area (Å²) in [5, 5.41) is 12.0. The minimum atomic E-state index is -0.660. The Bertz CT molecular complexity index is 147. The Hall–Kier alpha value is -0.570. The van der Waals surface area contributed by atoms with E-state index in [9.17, 15) is 4.79 Å². The SMILES string of the molecule is C[C@H]1NCCCC[C@@H]1C(=O)O. The van der Waals surface area contributed by atoms with Gasteiger partial charge in [0, 0.05) is 6.04 Å². The van der Waals surface area contributed by atoms with E-state index in [1.807, 2.05) is 6.92 Å². The first-order valence-electron chi connectivity index (χ1n) is 4.18. The van der Waals surface area contributed by atoms with Crippen LogP contribution in [0.5, 0.6) is 0 Å². The van der Waals surface area contributed by atoms with Crippen molar-refractivity contribution in [2.75, 3.05) is 6.54 Å². The third-order valence-electron chi connectivity index (χ3n) is 2.33. The molecule has 3 nitrogen and oxygen atoms in total. The first-order valence-corrected chi connectivity index (χ1v) is 4.18. The molecule has 0 amide bonds. The van der Waals surface area contributed by atoms with Crippen molar-refractivity contribution in [2.24, 2.45) is 5.92 Å². The fourth-order valence-electron chi connectivity index (χ4n) is 1.55. The lowest BCUT2D eigenvalue weighted by molar-refractivity contribution is -0.142. The van der Waals surface area contributed by atoms with E-state index >= 15 is 0 Å². The van der Waals surface area contributed by atoms with Gasteiger partial charge in [0.2, 0.25) is 0 Å². The maximum Gasteiger partial charge on any atom is 0.308 e. The smallest absolute Gasteiger partial charge is 0.308 e. The zero-order valence-electron chi connectivity index (χ0n) is 6.84. The van der Waals surface area contributed by atoms with Crippen LogP contribution in [0, 0.1) is 5.92 Å². The van der Waals surface area contributed by atoms with E-state index in [4.69, 9.17) is 5.11 Å². The Morgan fingerprint density at radius 3 is 2.91 bits per heavy atom. The molecule has 2 N–H and O–H groups in total. The first-order chi connectivity index (χ1) is 5.22. The minimum Gasteiger partial charge on any atom is -0.481 e. The first kappa shape index (κ1) is 8.53. The number of aliphatic carboxylic acids is 1. The van der Waals surface area contributed by atoms with Crippen molar-refractivity contribution < 1.29 is 9.90 Å². The maximum atomic E-state index is 10.7. The summed E-state index contributed by atoms with van der Waals surface area (Å²) < 4.78 is 0. The molecule has 1 fully saturated rings. The number of nitrogens with one attached hydrogen (secondary N) is 1. The van der Waals surface area contributed by atoms with Crippen LogP contribution in [-0.2, 0) is 4.79 Å². The summed E-state index contributed by atoms with van der Waals surface area (Å²) in [7, 11) is 0. The van der Waals surface area contributed by atoms with Gasteiger partial charge in [0.05, 0.1) is 5.92 Å². The second kappa shape index (κ2) is 3.72. The summed E-state index contributed by atoms with van der Waals surface area (Å²) in [6, 6.07) is 0.134. The second-order valence-corrected chi connectivity index (χ2v) is 3.18. The molecule has 0 bridgehead atoms. The third kappa shape index (κ3) is 2.19. The maximum absolute atomic E-state index is 10.7. The molecule has 1 aliphatic rings. The largest absolute Gasteiger partial charge is 0.481 e. The van der Waals surface area contributed by atoms with E-state index in [1.54, 1.807) is 0 Å². The molecular weight excluding hydrogens is 142 g/mol. The lowest BCUT2D eigenvalue weighted by atomic mass is 9.97.